The molecule has 0 saturated carbocycles. The van der Waals surface area contributed by atoms with Gasteiger partial charge in [-0.05, 0) is 29.5 Å². The van der Waals surface area contributed by atoms with Crippen LogP contribution < -0.4 is 0 Å². The van der Waals surface area contributed by atoms with Gasteiger partial charge in [0.15, 0.2) is 5.16 Å². The molecule has 8 nitrogen and oxygen atoms in total. The first kappa shape index (κ1) is 20.3. The van der Waals surface area contributed by atoms with Crippen LogP contribution in [0.15, 0.2) is 77.6 Å². The third kappa shape index (κ3) is 4.88. The smallest absolute Gasteiger partial charge is 0.284 e. The molecule has 0 unspecified atom stereocenters. The number of benzene rings is 2. The van der Waals surface area contributed by atoms with Crippen LogP contribution in [0.1, 0.15) is 15.9 Å². The van der Waals surface area contributed by atoms with Gasteiger partial charge in [-0.1, -0.05) is 36.4 Å². The van der Waals surface area contributed by atoms with Crippen LogP contribution >= 0.6 is 11.8 Å². The summed E-state index contributed by atoms with van der Waals surface area (Å²) < 4.78 is 1.67. The lowest BCUT2D eigenvalue weighted by Crippen LogP contribution is -2.30. The highest BCUT2D eigenvalue weighted by Gasteiger charge is 2.22. The summed E-state index contributed by atoms with van der Waals surface area (Å²) in [4.78, 5) is 26.1. The fraction of sp³-hybridized carbons (Fsp3) is 0.150. The minimum absolute atomic E-state index is 0.151. The van der Waals surface area contributed by atoms with Crippen LogP contribution in [0.4, 0.5) is 5.69 Å². The van der Waals surface area contributed by atoms with E-state index in [0.717, 1.165) is 17.3 Å². The van der Waals surface area contributed by atoms with E-state index in [0.29, 0.717) is 23.1 Å². The molecule has 3 rings (SSSR count). The predicted octanol–water partition coefficient (Wildman–Crippen LogP) is 3.70. The van der Waals surface area contributed by atoms with E-state index in [1.165, 1.54) is 12.4 Å². The van der Waals surface area contributed by atoms with Gasteiger partial charge in [0.2, 0.25) is 0 Å². The number of carbonyl (C=O) groups excluding carboxylic acids is 1. The van der Waals surface area contributed by atoms with Gasteiger partial charge in [-0.3, -0.25) is 14.9 Å². The average molecular weight is 409 g/mol. The summed E-state index contributed by atoms with van der Waals surface area (Å²) >= 11 is 1.12. The van der Waals surface area contributed by atoms with Gasteiger partial charge in [0.05, 0.1) is 9.82 Å². The van der Waals surface area contributed by atoms with Crippen molar-refractivity contribution in [2.75, 3.05) is 6.54 Å². The Kier molecular flexibility index (Phi) is 6.40. The Morgan fingerprint density at radius 1 is 1.31 bits per heavy atom. The highest BCUT2D eigenvalue weighted by Crippen LogP contribution is 2.34. The first-order valence-corrected chi connectivity index (χ1v) is 9.55. The topological polar surface area (TPSA) is 94.2 Å². The van der Waals surface area contributed by atoms with Crippen molar-refractivity contribution < 1.29 is 9.72 Å². The highest BCUT2D eigenvalue weighted by molar-refractivity contribution is 7.99. The van der Waals surface area contributed by atoms with Crippen LogP contribution in [-0.2, 0) is 13.6 Å². The molecule has 0 aliphatic carbocycles. The van der Waals surface area contributed by atoms with E-state index >= 15 is 0 Å². The van der Waals surface area contributed by atoms with E-state index < -0.39 is 4.92 Å². The Morgan fingerprint density at radius 3 is 2.69 bits per heavy atom. The maximum absolute atomic E-state index is 13.0. The van der Waals surface area contributed by atoms with Crippen LogP contribution in [0.3, 0.4) is 0 Å². The molecule has 0 radical (unpaired) electrons. The van der Waals surface area contributed by atoms with Crippen molar-refractivity contribution in [2.24, 2.45) is 7.05 Å². The molecule has 0 saturated heterocycles. The van der Waals surface area contributed by atoms with Crippen molar-refractivity contribution in [2.45, 2.75) is 16.6 Å². The standard InChI is InChI=1S/C20H19N5O3S/c1-3-11-24(13-15-7-5-4-6-8-15)19(26)16-9-10-18(17(12-16)25(27)28)29-20-22-21-14-23(20)2/h3-10,12,14H,1,11,13H2,2H3. The molecule has 148 valence electrons. The molecule has 2 aromatic carbocycles. The van der Waals surface area contributed by atoms with Gasteiger partial charge in [-0.25, -0.2) is 0 Å². The molecule has 1 aromatic heterocycles. The molecule has 0 N–H and O–H groups in total. The van der Waals surface area contributed by atoms with Crippen molar-refractivity contribution in [3.63, 3.8) is 0 Å². The second kappa shape index (κ2) is 9.16. The van der Waals surface area contributed by atoms with Crippen LogP contribution in [0, 0.1) is 10.1 Å². The van der Waals surface area contributed by atoms with Crippen molar-refractivity contribution >= 4 is 23.4 Å². The summed E-state index contributed by atoms with van der Waals surface area (Å²) in [5.74, 6) is -0.299. The van der Waals surface area contributed by atoms with Gasteiger partial charge in [-0.2, -0.15) is 0 Å². The number of rotatable bonds is 8. The van der Waals surface area contributed by atoms with E-state index in [2.05, 4.69) is 16.8 Å². The molecule has 0 aliphatic heterocycles. The zero-order chi connectivity index (χ0) is 20.8. The molecule has 0 aliphatic rings. The Hall–Kier alpha value is -3.46. The number of nitro groups is 1. The number of amides is 1. The van der Waals surface area contributed by atoms with Gasteiger partial charge < -0.3 is 9.47 Å². The number of aryl methyl sites for hydroxylation is 1. The molecular weight excluding hydrogens is 390 g/mol. The first-order valence-electron chi connectivity index (χ1n) is 8.74. The minimum Gasteiger partial charge on any atom is -0.331 e. The van der Waals surface area contributed by atoms with E-state index in [-0.39, 0.29) is 17.2 Å². The van der Waals surface area contributed by atoms with Crippen molar-refractivity contribution in [1.29, 1.82) is 0 Å². The van der Waals surface area contributed by atoms with Crippen LogP contribution in [0.25, 0.3) is 0 Å². The predicted molar refractivity (Wildman–Crippen MR) is 110 cm³/mol. The Bertz CT molecular complexity index is 1040. The van der Waals surface area contributed by atoms with E-state index in [1.54, 1.807) is 34.7 Å². The maximum atomic E-state index is 13.0. The SMILES string of the molecule is C=CCN(Cc1ccccc1)C(=O)c1ccc(Sc2nncn2C)c([N+](=O)[O-])c1. The molecule has 0 fully saturated rings. The third-order valence-electron chi connectivity index (χ3n) is 4.13. The summed E-state index contributed by atoms with van der Waals surface area (Å²) in [6.45, 7) is 4.42. The molecule has 1 heterocycles. The van der Waals surface area contributed by atoms with Crippen molar-refractivity contribution in [3.05, 3.63) is 88.8 Å². The minimum atomic E-state index is -0.496. The molecule has 29 heavy (non-hydrogen) atoms. The normalized spacial score (nSPS) is 10.5. The summed E-state index contributed by atoms with van der Waals surface area (Å²) in [6, 6.07) is 14.0. The Balaban J connectivity index is 1.89. The van der Waals surface area contributed by atoms with Gasteiger partial charge in [0, 0.05) is 31.8 Å². The summed E-state index contributed by atoms with van der Waals surface area (Å²) in [6.07, 6.45) is 3.15. The van der Waals surface area contributed by atoms with Gasteiger partial charge >= 0.3 is 0 Å². The second-order valence-electron chi connectivity index (χ2n) is 6.23. The van der Waals surface area contributed by atoms with Gasteiger partial charge in [-0.15, -0.1) is 16.8 Å². The number of hydrogen-bond donors (Lipinski definition) is 0. The fourth-order valence-electron chi connectivity index (χ4n) is 2.70. The maximum Gasteiger partial charge on any atom is 0.284 e. The van der Waals surface area contributed by atoms with E-state index in [4.69, 9.17) is 0 Å². The second-order valence-corrected chi connectivity index (χ2v) is 7.24. The first-order chi connectivity index (χ1) is 14.0. The fourth-order valence-corrected chi connectivity index (χ4v) is 3.55. The monoisotopic (exact) mass is 409 g/mol. The lowest BCUT2D eigenvalue weighted by Gasteiger charge is -2.21. The summed E-state index contributed by atoms with van der Waals surface area (Å²) in [7, 11) is 1.75. The Labute approximate surface area is 172 Å². The Morgan fingerprint density at radius 2 is 2.07 bits per heavy atom. The highest BCUT2D eigenvalue weighted by atomic mass is 32.2. The number of aromatic nitrogens is 3. The molecule has 0 atom stereocenters. The van der Waals surface area contributed by atoms with Gasteiger partial charge in [0.25, 0.3) is 11.6 Å². The third-order valence-corrected chi connectivity index (χ3v) is 5.24. The van der Waals surface area contributed by atoms with E-state index in [9.17, 15) is 14.9 Å². The summed E-state index contributed by atoms with van der Waals surface area (Å²) in [5.41, 5.74) is 1.06. The van der Waals surface area contributed by atoms with Crippen LogP contribution in [0.5, 0.6) is 0 Å². The molecular formula is C20H19N5O3S. The molecule has 9 heteroatoms. The van der Waals surface area contributed by atoms with Gasteiger partial charge in [0.1, 0.15) is 6.33 Å². The number of nitro benzene ring substituents is 1. The van der Waals surface area contributed by atoms with Crippen LogP contribution in [0.2, 0.25) is 0 Å². The number of hydrogen-bond acceptors (Lipinski definition) is 6. The molecule has 3 aromatic rings. The van der Waals surface area contributed by atoms with E-state index in [1.807, 2.05) is 30.3 Å². The largest absolute Gasteiger partial charge is 0.331 e. The number of nitrogens with zero attached hydrogens (tertiary/aromatic N) is 5. The average Bonchev–Trinajstić information content (AvgIpc) is 3.12. The lowest BCUT2D eigenvalue weighted by atomic mass is 10.1. The molecule has 1 amide bonds. The zero-order valence-corrected chi connectivity index (χ0v) is 16.6. The quantitative estimate of drug-likeness (QED) is 0.320. The molecule has 0 spiro atoms. The van der Waals surface area contributed by atoms with Crippen LogP contribution in [-0.4, -0.2) is 37.0 Å². The zero-order valence-electron chi connectivity index (χ0n) is 15.8. The summed E-state index contributed by atoms with van der Waals surface area (Å²) in [5, 5.41) is 19.8. The molecule has 0 bridgehead atoms. The van der Waals surface area contributed by atoms with Crippen molar-refractivity contribution in [3.8, 4) is 0 Å². The number of carbonyl (C=O) groups is 1. The van der Waals surface area contributed by atoms with Crippen molar-refractivity contribution in [1.82, 2.24) is 19.7 Å². The lowest BCUT2D eigenvalue weighted by molar-refractivity contribution is -0.387.